The Morgan fingerprint density at radius 1 is 1.15 bits per heavy atom. The molecule has 1 aliphatic carbocycles. The number of carbonyl (C=O) groups excluding carboxylic acids is 1. The monoisotopic (exact) mass is 502 g/mol. The van der Waals surface area contributed by atoms with Crippen molar-refractivity contribution < 1.29 is 13.2 Å². The predicted octanol–water partition coefficient (Wildman–Crippen LogP) is 3.98. The third-order valence-corrected chi connectivity index (χ3v) is 7.91. The number of hydrogen-bond donors (Lipinski definition) is 2. The lowest BCUT2D eigenvalue weighted by Crippen LogP contribution is -2.59. The molecule has 0 saturated heterocycles. The van der Waals surface area contributed by atoms with E-state index in [0.29, 0.717) is 21.1 Å². The smallest absolute Gasteiger partial charge is 0.243 e. The fourth-order valence-corrected chi connectivity index (χ4v) is 6.35. The molecule has 0 radical (unpaired) electrons. The number of amides is 1. The molecule has 3 N–H and O–H groups in total. The number of nitrogens with zero attached hydrogens (tertiary/aromatic N) is 2. The standard InChI is InChI=1S/C23H20Cl2N4O3S/c1-14(16-9-8-15(24)13-18(16)25)23(10-3-2-5-17(23)22(26)30)29-33(31,32)20-7-4-6-19-21(20)28-12-11-27-19/h2-14,17,29H,1H3,(H2,26,30). The molecule has 2 aromatic carbocycles. The van der Waals surface area contributed by atoms with E-state index in [4.69, 9.17) is 28.9 Å². The van der Waals surface area contributed by atoms with Crippen LogP contribution in [0.2, 0.25) is 10.0 Å². The first-order valence-corrected chi connectivity index (χ1v) is 12.2. The number of aromatic nitrogens is 2. The van der Waals surface area contributed by atoms with Crippen LogP contribution in [-0.4, -0.2) is 29.8 Å². The van der Waals surface area contributed by atoms with Crippen LogP contribution in [0.1, 0.15) is 18.4 Å². The maximum atomic E-state index is 13.7. The van der Waals surface area contributed by atoms with Crippen LogP contribution >= 0.6 is 23.2 Å². The number of sulfonamides is 1. The number of allylic oxidation sites excluding steroid dienone is 2. The van der Waals surface area contributed by atoms with Gasteiger partial charge in [-0.15, -0.1) is 0 Å². The first-order chi connectivity index (χ1) is 15.7. The molecule has 1 aliphatic rings. The van der Waals surface area contributed by atoms with Crippen LogP contribution in [0.4, 0.5) is 0 Å². The minimum absolute atomic E-state index is 0.0620. The van der Waals surface area contributed by atoms with Gasteiger partial charge in [-0.05, 0) is 29.8 Å². The maximum Gasteiger partial charge on any atom is 0.243 e. The predicted molar refractivity (Wildman–Crippen MR) is 128 cm³/mol. The van der Waals surface area contributed by atoms with Crippen molar-refractivity contribution >= 4 is 50.2 Å². The van der Waals surface area contributed by atoms with Gasteiger partial charge in [-0.3, -0.25) is 14.8 Å². The van der Waals surface area contributed by atoms with Gasteiger partial charge in [0.15, 0.2) is 0 Å². The van der Waals surface area contributed by atoms with E-state index in [1.54, 1.807) is 61.6 Å². The first kappa shape index (κ1) is 23.4. The molecule has 3 unspecified atom stereocenters. The lowest BCUT2D eigenvalue weighted by Gasteiger charge is -2.42. The Morgan fingerprint density at radius 2 is 1.91 bits per heavy atom. The Kier molecular flexibility index (Phi) is 6.28. The van der Waals surface area contributed by atoms with Gasteiger partial charge in [-0.2, -0.15) is 4.72 Å². The number of rotatable bonds is 6. The largest absolute Gasteiger partial charge is 0.369 e. The van der Waals surface area contributed by atoms with Crippen molar-refractivity contribution in [3.8, 4) is 0 Å². The maximum absolute atomic E-state index is 13.7. The number of carbonyl (C=O) groups is 1. The van der Waals surface area contributed by atoms with Crippen LogP contribution in [0, 0.1) is 5.92 Å². The van der Waals surface area contributed by atoms with E-state index in [-0.39, 0.29) is 10.4 Å². The second kappa shape index (κ2) is 8.87. The van der Waals surface area contributed by atoms with Gasteiger partial charge in [0.25, 0.3) is 0 Å². The van der Waals surface area contributed by atoms with Gasteiger partial charge < -0.3 is 5.73 Å². The van der Waals surface area contributed by atoms with Crippen LogP contribution in [0.3, 0.4) is 0 Å². The number of hydrogen-bond acceptors (Lipinski definition) is 5. The molecule has 3 atom stereocenters. The van der Waals surface area contributed by atoms with E-state index >= 15 is 0 Å². The molecule has 0 spiro atoms. The summed E-state index contributed by atoms with van der Waals surface area (Å²) in [7, 11) is -4.20. The van der Waals surface area contributed by atoms with Gasteiger partial charge in [0.1, 0.15) is 10.4 Å². The Bertz CT molecular complexity index is 1400. The number of benzene rings is 2. The molecular formula is C23H20Cl2N4O3S. The molecule has 1 amide bonds. The van der Waals surface area contributed by atoms with E-state index in [0.717, 1.165) is 0 Å². The third kappa shape index (κ3) is 4.27. The topological polar surface area (TPSA) is 115 Å². The van der Waals surface area contributed by atoms with Gasteiger partial charge in [-0.1, -0.05) is 66.6 Å². The zero-order chi connectivity index (χ0) is 23.8. The van der Waals surface area contributed by atoms with Gasteiger partial charge >= 0.3 is 0 Å². The highest BCUT2D eigenvalue weighted by molar-refractivity contribution is 7.89. The molecule has 0 bridgehead atoms. The quantitative estimate of drug-likeness (QED) is 0.528. The van der Waals surface area contributed by atoms with Gasteiger partial charge in [0.05, 0.1) is 17.0 Å². The Hall–Kier alpha value is -2.78. The molecule has 0 aliphatic heterocycles. The van der Waals surface area contributed by atoms with E-state index in [9.17, 15) is 13.2 Å². The number of primary amides is 1. The summed E-state index contributed by atoms with van der Waals surface area (Å²) >= 11 is 12.5. The zero-order valence-electron chi connectivity index (χ0n) is 17.4. The van der Waals surface area contributed by atoms with Crippen molar-refractivity contribution in [1.82, 2.24) is 14.7 Å². The number of fused-ring (bicyclic) bond motifs is 1. The van der Waals surface area contributed by atoms with Crippen molar-refractivity contribution in [2.75, 3.05) is 0 Å². The summed E-state index contributed by atoms with van der Waals surface area (Å²) in [4.78, 5) is 20.8. The molecule has 0 fully saturated rings. The minimum Gasteiger partial charge on any atom is -0.369 e. The molecule has 7 nitrogen and oxygen atoms in total. The van der Waals surface area contributed by atoms with Crippen molar-refractivity contribution in [3.05, 3.63) is 88.7 Å². The fourth-order valence-electron chi connectivity index (χ4n) is 4.16. The van der Waals surface area contributed by atoms with Gasteiger partial charge in [-0.25, -0.2) is 8.42 Å². The molecule has 1 aromatic heterocycles. The molecule has 33 heavy (non-hydrogen) atoms. The van der Waals surface area contributed by atoms with Crippen molar-refractivity contribution in [3.63, 3.8) is 0 Å². The number of para-hydroxylation sites is 1. The summed E-state index contributed by atoms with van der Waals surface area (Å²) in [6, 6.07) is 9.62. The Morgan fingerprint density at radius 3 is 2.64 bits per heavy atom. The molecule has 10 heteroatoms. The summed E-state index contributed by atoms with van der Waals surface area (Å²) in [5.74, 6) is -2.27. The third-order valence-electron chi connectivity index (χ3n) is 5.82. The van der Waals surface area contributed by atoms with Crippen molar-refractivity contribution in [1.29, 1.82) is 0 Å². The van der Waals surface area contributed by atoms with E-state index < -0.39 is 33.3 Å². The molecule has 170 valence electrons. The lowest BCUT2D eigenvalue weighted by atomic mass is 9.70. The first-order valence-electron chi connectivity index (χ1n) is 10.00. The van der Waals surface area contributed by atoms with Crippen LogP contribution in [0.5, 0.6) is 0 Å². The van der Waals surface area contributed by atoms with Crippen LogP contribution in [0.25, 0.3) is 11.0 Å². The van der Waals surface area contributed by atoms with Crippen LogP contribution in [0.15, 0.2) is 78.0 Å². The highest BCUT2D eigenvalue weighted by Crippen LogP contribution is 2.42. The summed E-state index contributed by atoms with van der Waals surface area (Å²) in [5.41, 5.74) is 5.53. The number of halogens is 2. The Labute approximate surface area is 201 Å². The second-order valence-electron chi connectivity index (χ2n) is 7.73. The summed E-state index contributed by atoms with van der Waals surface area (Å²) in [6.07, 6.45) is 9.44. The van der Waals surface area contributed by atoms with Crippen LogP contribution < -0.4 is 10.5 Å². The van der Waals surface area contributed by atoms with E-state index in [1.807, 2.05) is 0 Å². The summed E-state index contributed by atoms with van der Waals surface area (Å²) < 4.78 is 30.2. The van der Waals surface area contributed by atoms with Gasteiger partial charge in [0.2, 0.25) is 15.9 Å². The highest BCUT2D eigenvalue weighted by Gasteiger charge is 2.48. The van der Waals surface area contributed by atoms with Gasteiger partial charge in [0, 0.05) is 28.4 Å². The molecule has 4 rings (SSSR count). The van der Waals surface area contributed by atoms with Crippen molar-refractivity contribution in [2.24, 2.45) is 11.7 Å². The highest BCUT2D eigenvalue weighted by atomic mass is 35.5. The molecule has 0 saturated carbocycles. The van der Waals surface area contributed by atoms with E-state index in [1.165, 1.54) is 18.5 Å². The number of nitrogens with two attached hydrogens (primary N) is 1. The van der Waals surface area contributed by atoms with E-state index in [2.05, 4.69) is 14.7 Å². The molecular weight excluding hydrogens is 483 g/mol. The lowest BCUT2D eigenvalue weighted by molar-refractivity contribution is -0.122. The Balaban J connectivity index is 1.89. The SMILES string of the molecule is CC(c1ccc(Cl)cc1Cl)C1(NS(=O)(=O)c2cccc3nccnc23)C=CC=CC1C(N)=O. The normalized spacial score (nSPS) is 21.2. The average molecular weight is 503 g/mol. The second-order valence-corrected chi connectivity index (χ2v) is 10.2. The van der Waals surface area contributed by atoms with Crippen LogP contribution in [-0.2, 0) is 14.8 Å². The molecule has 1 heterocycles. The average Bonchev–Trinajstić information content (AvgIpc) is 2.78. The summed E-state index contributed by atoms with van der Waals surface area (Å²) in [5, 5.41) is 0.779. The number of nitrogens with one attached hydrogen (secondary N) is 1. The fraction of sp³-hybridized carbons (Fsp3) is 0.174. The van der Waals surface area contributed by atoms with Crippen molar-refractivity contribution in [2.45, 2.75) is 23.3 Å². The zero-order valence-corrected chi connectivity index (χ0v) is 19.8. The minimum atomic E-state index is -4.20. The summed E-state index contributed by atoms with van der Waals surface area (Å²) in [6.45, 7) is 1.78. The molecule has 3 aromatic rings.